The molecule has 11 nitrogen and oxygen atoms in total. The van der Waals surface area contributed by atoms with E-state index in [9.17, 15) is 13.7 Å². The van der Waals surface area contributed by atoms with E-state index in [1.54, 1.807) is 80.2 Å². The molecule has 3 aliphatic rings. The molecule has 2 aromatic heterocycles. The summed E-state index contributed by atoms with van der Waals surface area (Å²) < 4.78 is 42.7. The molecule has 246 valence electrons. The van der Waals surface area contributed by atoms with Gasteiger partial charge >= 0.3 is 0 Å². The number of pyridine rings is 2. The number of hydrogen-bond acceptors (Lipinski definition) is 10. The quantitative estimate of drug-likeness (QED) is 0.226. The Balaban J connectivity index is 1.39. The maximum absolute atomic E-state index is 15.7. The number of hydrogen-bond donors (Lipinski definition) is 0. The fraction of sp³-hybridized carbons (Fsp3) is 0.243. The number of carbonyl (C=O) groups excluding carboxylic acids is 1. The van der Waals surface area contributed by atoms with Crippen LogP contribution in [0.4, 0.5) is 11.4 Å². The van der Waals surface area contributed by atoms with Crippen LogP contribution in [0.1, 0.15) is 30.0 Å². The van der Waals surface area contributed by atoms with Crippen LogP contribution in [0.15, 0.2) is 102 Å². The Morgan fingerprint density at radius 3 is 2.51 bits per heavy atom. The van der Waals surface area contributed by atoms with E-state index in [-0.39, 0.29) is 28.2 Å². The Bertz CT molecular complexity index is 2270. The minimum atomic E-state index is -4.54. The van der Waals surface area contributed by atoms with E-state index >= 15 is 4.79 Å². The highest BCUT2D eigenvalue weighted by atomic mass is 32.2. The normalized spacial score (nSPS) is 21.6. The van der Waals surface area contributed by atoms with Gasteiger partial charge in [-0.2, -0.15) is 5.26 Å². The number of sulfonamides is 1. The summed E-state index contributed by atoms with van der Waals surface area (Å²) in [6.07, 6.45) is 5.80. The van der Waals surface area contributed by atoms with E-state index in [1.807, 2.05) is 19.1 Å². The number of rotatable bonds is 8. The summed E-state index contributed by atoms with van der Waals surface area (Å²) in [6, 6.07) is 24.5. The Morgan fingerprint density at radius 1 is 0.959 bits per heavy atom. The van der Waals surface area contributed by atoms with Gasteiger partial charge in [0.05, 0.1) is 36.6 Å². The first-order valence-corrected chi connectivity index (χ1v) is 17.5. The lowest BCUT2D eigenvalue weighted by molar-refractivity contribution is -0.127. The molecule has 3 aromatic carbocycles. The fourth-order valence-corrected chi connectivity index (χ4v) is 9.52. The summed E-state index contributed by atoms with van der Waals surface area (Å²) in [7, 11) is -3.00. The predicted molar refractivity (Wildman–Crippen MR) is 183 cm³/mol. The highest BCUT2D eigenvalue weighted by molar-refractivity contribution is 7.93. The van der Waals surface area contributed by atoms with Gasteiger partial charge in [0, 0.05) is 66.0 Å². The average molecular weight is 673 g/mol. The molecule has 12 heteroatoms. The van der Waals surface area contributed by atoms with Crippen molar-refractivity contribution in [2.45, 2.75) is 35.9 Å². The van der Waals surface area contributed by atoms with E-state index in [4.69, 9.17) is 9.47 Å². The van der Waals surface area contributed by atoms with Crippen LogP contribution in [0.5, 0.6) is 11.5 Å². The Kier molecular flexibility index (Phi) is 7.28. The van der Waals surface area contributed by atoms with Gasteiger partial charge in [-0.25, -0.2) is 12.7 Å². The second-order valence-corrected chi connectivity index (χ2v) is 14.1. The fourth-order valence-electron chi connectivity index (χ4n) is 7.89. The number of methoxy groups -OCH3 is 1. The Morgan fingerprint density at radius 2 is 1.78 bits per heavy atom. The van der Waals surface area contributed by atoms with Gasteiger partial charge in [0.15, 0.2) is 5.54 Å². The summed E-state index contributed by atoms with van der Waals surface area (Å²) in [5.74, 6) is 0.221. The lowest BCUT2D eigenvalue weighted by Crippen LogP contribution is -2.60. The molecular weight excluding hydrogens is 641 g/mol. The molecule has 8 rings (SSSR count). The van der Waals surface area contributed by atoms with Crippen LogP contribution in [-0.4, -0.2) is 68.1 Å². The maximum atomic E-state index is 15.7. The molecular formula is C37H32N6O5S. The van der Waals surface area contributed by atoms with Crippen LogP contribution in [0, 0.1) is 11.3 Å². The number of likely N-dealkylation sites (tertiary alicyclic amines) is 1. The first kappa shape index (κ1) is 30.8. The minimum Gasteiger partial charge on any atom is -0.497 e. The minimum absolute atomic E-state index is 0.0359. The van der Waals surface area contributed by atoms with Crippen LogP contribution in [0.2, 0.25) is 0 Å². The van der Waals surface area contributed by atoms with Crippen molar-refractivity contribution >= 4 is 38.2 Å². The summed E-state index contributed by atoms with van der Waals surface area (Å²) >= 11 is 0. The third kappa shape index (κ3) is 4.49. The van der Waals surface area contributed by atoms with E-state index < -0.39 is 21.5 Å². The second-order valence-electron chi connectivity index (χ2n) is 12.3. The molecule has 2 saturated heterocycles. The number of ether oxygens (including phenoxy) is 2. The maximum Gasteiger partial charge on any atom is 0.273 e. The molecule has 1 amide bonds. The van der Waals surface area contributed by atoms with Crippen molar-refractivity contribution < 1.29 is 22.7 Å². The first-order chi connectivity index (χ1) is 23.8. The molecule has 0 saturated carbocycles. The smallest absolute Gasteiger partial charge is 0.273 e. The number of anilines is 2. The van der Waals surface area contributed by atoms with Gasteiger partial charge in [0.1, 0.15) is 16.4 Å². The molecule has 0 N–H and O–H groups in total. The van der Waals surface area contributed by atoms with E-state index in [0.717, 1.165) is 16.4 Å². The van der Waals surface area contributed by atoms with Gasteiger partial charge < -0.3 is 14.4 Å². The zero-order chi connectivity index (χ0) is 33.9. The van der Waals surface area contributed by atoms with Crippen LogP contribution in [0.25, 0.3) is 10.9 Å². The number of nitriles is 1. The molecule has 3 atom stereocenters. The first-order valence-electron chi connectivity index (χ1n) is 16.1. The van der Waals surface area contributed by atoms with Crippen molar-refractivity contribution in [3.05, 3.63) is 114 Å². The van der Waals surface area contributed by atoms with Crippen molar-refractivity contribution in [1.82, 2.24) is 14.9 Å². The number of nitrogens with zero attached hydrogens (tertiary/aromatic N) is 6. The van der Waals surface area contributed by atoms with Gasteiger partial charge in [-0.05, 0) is 74.0 Å². The van der Waals surface area contributed by atoms with E-state index in [2.05, 4.69) is 25.8 Å². The van der Waals surface area contributed by atoms with Crippen molar-refractivity contribution in [2.24, 2.45) is 0 Å². The predicted octanol–water partition coefficient (Wildman–Crippen LogP) is 4.85. The Labute approximate surface area is 284 Å². The Hall–Kier alpha value is -5.51. The second kappa shape index (κ2) is 11.6. The van der Waals surface area contributed by atoms with E-state index in [1.165, 1.54) is 12.3 Å². The number of aromatic nitrogens is 2. The molecule has 5 heterocycles. The third-order valence-electron chi connectivity index (χ3n) is 9.88. The number of amides is 1. The van der Waals surface area contributed by atoms with Crippen LogP contribution in [0.3, 0.4) is 0 Å². The number of fused-ring (bicyclic) bond motifs is 4. The SMILES string of the molecule is CCOc1ccc(OC)cc1[C@@]1(N2C[C@@H]3C[C@H]2CN3c2ccncc2)C(=O)N(S(=O)(=O)c2cccc3cccnc23)c2ccc(C#N)cc21. The van der Waals surface area contributed by atoms with Crippen molar-refractivity contribution in [3.8, 4) is 17.6 Å². The van der Waals surface area contributed by atoms with Crippen LogP contribution >= 0.6 is 0 Å². The standard InChI is InChI=1S/C37H32N6O5S/c1-3-48-33-12-10-29(47-2)20-31(33)37(42-23-27-19-28(42)22-41(27)26-13-16-39-17-14-26)30-18-24(21-38)9-11-32(30)43(36(37)44)49(45,46)34-8-4-6-25-7-5-15-40-35(25)34/h4-18,20,27-28H,3,19,22-23H2,1-2H3/t27-,28-,37+/m0/s1. The summed E-state index contributed by atoms with van der Waals surface area (Å²) in [5.41, 5.74) is 0.926. The zero-order valence-corrected chi connectivity index (χ0v) is 27.7. The molecule has 0 aliphatic carbocycles. The highest BCUT2D eigenvalue weighted by Gasteiger charge is 2.65. The third-order valence-corrected chi connectivity index (χ3v) is 11.6. The molecule has 2 bridgehead atoms. The molecule has 0 radical (unpaired) electrons. The van der Waals surface area contributed by atoms with Gasteiger partial charge in [0.25, 0.3) is 15.9 Å². The summed E-state index contributed by atoms with van der Waals surface area (Å²) in [4.78, 5) is 28.6. The molecule has 0 spiro atoms. The molecule has 49 heavy (non-hydrogen) atoms. The molecule has 3 aliphatic heterocycles. The van der Waals surface area contributed by atoms with Crippen molar-refractivity contribution in [3.63, 3.8) is 0 Å². The number of benzene rings is 3. The van der Waals surface area contributed by atoms with Crippen molar-refractivity contribution in [1.29, 1.82) is 5.26 Å². The zero-order valence-electron chi connectivity index (χ0n) is 26.9. The number of para-hydroxylation sites is 1. The topological polar surface area (TPSA) is 129 Å². The van der Waals surface area contributed by atoms with Gasteiger partial charge in [-0.15, -0.1) is 0 Å². The highest BCUT2D eigenvalue weighted by Crippen LogP contribution is 2.56. The average Bonchev–Trinajstić information content (AvgIpc) is 3.82. The van der Waals surface area contributed by atoms with Gasteiger partial charge in [-0.1, -0.05) is 18.2 Å². The summed E-state index contributed by atoms with van der Waals surface area (Å²) in [5, 5.41) is 10.7. The van der Waals surface area contributed by atoms with E-state index in [0.29, 0.717) is 53.3 Å². The lowest BCUT2D eigenvalue weighted by Gasteiger charge is -2.45. The summed E-state index contributed by atoms with van der Waals surface area (Å²) in [6.45, 7) is 3.21. The molecule has 0 unspecified atom stereocenters. The van der Waals surface area contributed by atoms with Gasteiger partial charge in [0.2, 0.25) is 0 Å². The monoisotopic (exact) mass is 672 g/mol. The van der Waals surface area contributed by atoms with Crippen LogP contribution < -0.4 is 18.7 Å². The molecule has 5 aromatic rings. The van der Waals surface area contributed by atoms with Crippen molar-refractivity contribution in [2.75, 3.05) is 36.0 Å². The number of piperazine rings is 1. The lowest BCUT2D eigenvalue weighted by atomic mass is 9.80. The van der Waals surface area contributed by atoms with Gasteiger partial charge in [-0.3, -0.25) is 19.7 Å². The molecule has 2 fully saturated rings. The largest absolute Gasteiger partial charge is 0.497 e. The number of carbonyl (C=O) groups is 1. The van der Waals surface area contributed by atoms with Crippen LogP contribution in [-0.2, 0) is 20.4 Å².